The zero-order valence-corrected chi connectivity index (χ0v) is 12.4. The predicted molar refractivity (Wildman–Crippen MR) is 79.1 cm³/mol. The van der Waals surface area contributed by atoms with Crippen LogP contribution in [-0.4, -0.2) is 18.0 Å². The number of benzene rings is 1. The fourth-order valence-electron chi connectivity index (χ4n) is 2.54. The Balaban J connectivity index is 2.03. The summed E-state index contributed by atoms with van der Waals surface area (Å²) in [7, 11) is 0. The Labute approximate surface area is 119 Å². The molecule has 0 aromatic heterocycles. The van der Waals surface area contributed by atoms with Gasteiger partial charge in [0.05, 0.1) is 15.7 Å². The summed E-state index contributed by atoms with van der Waals surface area (Å²) in [4.78, 5) is 2.46. The highest BCUT2D eigenvalue weighted by molar-refractivity contribution is 6.38. The first kappa shape index (κ1) is 14.0. The Bertz CT molecular complexity index is 409. The molecule has 1 aliphatic rings. The van der Waals surface area contributed by atoms with Crippen molar-refractivity contribution in [2.24, 2.45) is 11.8 Å². The maximum absolute atomic E-state index is 6.06. The van der Waals surface area contributed by atoms with Crippen LogP contribution >= 0.6 is 23.2 Å². The summed E-state index contributed by atoms with van der Waals surface area (Å²) in [6.45, 7) is 7.82. The van der Waals surface area contributed by atoms with Crippen molar-refractivity contribution < 1.29 is 0 Å². The van der Waals surface area contributed by atoms with Gasteiger partial charge in [-0.15, -0.1) is 0 Å². The summed E-state index contributed by atoms with van der Waals surface area (Å²) in [6.07, 6.45) is 1.29. The summed E-state index contributed by atoms with van der Waals surface area (Å²) in [5.41, 5.74) is 7.36. The molecule has 2 rings (SSSR count). The number of nitrogens with zero attached hydrogens (tertiary/aromatic N) is 1. The lowest BCUT2D eigenvalue weighted by atomic mass is 9.95. The van der Waals surface area contributed by atoms with E-state index in [0.717, 1.165) is 37.0 Å². The van der Waals surface area contributed by atoms with Crippen LogP contribution in [0.5, 0.6) is 0 Å². The van der Waals surface area contributed by atoms with Gasteiger partial charge in [0.25, 0.3) is 0 Å². The van der Waals surface area contributed by atoms with Crippen LogP contribution in [0.1, 0.15) is 25.8 Å². The van der Waals surface area contributed by atoms with Crippen LogP contribution in [-0.2, 0) is 6.54 Å². The normalized spacial score (nSPS) is 20.8. The molecular formula is C14H20Cl2N2. The largest absolute Gasteiger partial charge is 0.396 e. The SMILES string of the molecule is CC(C)C1CCN(Cc2cc(Cl)c(N)c(Cl)c2)C1. The highest BCUT2D eigenvalue weighted by Gasteiger charge is 2.24. The topological polar surface area (TPSA) is 29.3 Å². The average molecular weight is 287 g/mol. The second kappa shape index (κ2) is 5.68. The zero-order valence-electron chi connectivity index (χ0n) is 10.9. The van der Waals surface area contributed by atoms with E-state index in [2.05, 4.69) is 18.7 Å². The molecule has 0 radical (unpaired) electrons. The molecule has 18 heavy (non-hydrogen) atoms. The Hall–Kier alpha value is -0.440. The van der Waals surface area contributed by atoms with E-state index in [9.17, 15) is 0 Å². The van der Waals surface area contributed by atoms with Crippen molar-refractivity contribution in [2.45, 2.75) is 26.8 Å². The van der Waals surface area contributed by atoms with Crippen molar-refractivity contribution in [2.75, 3.05) is 18.8 Å². The first-order valence-corrected chi connectivity index (χ1v) is 7.18. The summed E-state index contributed by atoms with van der Waals surface area (Å²) in [5, 5.41) is 1.11. The lowest BCUT2D eigenvalue weighted by molar-refractivity contribution is 0.297. The minimum Gasteiger partial charge on any atom is -0.396 e. The number of hydrogen-bond donors (Lipinski definition) is 1. The van der Waals surface area contributed by atoms with Crippen molar-refractivity contribution in [3.05, 3.63) is 27.7 Å². The van der Waals surface area contributed by atoms with E-state index in [-0.39, 0.29) is 0 Å². The molecule has 0 aliphatic carbocycles. The van der Waals surface area contributed by atoms with E-state index in [1.807, 2.05) is 12.1 Å². The maximum atomic E-state index is 6.06. The van der Waals surface area contributed by atoms with Crippen molar-refractivity contribution in [3.63, 3.8) is 0 Å². The molecule has 1 atom stereocenters. The third-order valence-corrected chi connectivity index (χ3v) is 4.42. The summed E-state index contributed by atoms with van der Waals surface area (Å²) in [6, 6.07) is 3.84. The molecule has 4 heteroatoms. The van der Waals surface area contributed by atoms with Gasteiger partial charge in [-0.05, 0) is 42.5 Å². The second-order valence-corrected chi connectivity index (χ2v) is 6.32. The Morgan fingerprint density at radius 1 is 1.33 bits per heavy atom. The quantitative estimate of drug-likeness (QED) is 0.850. The fourth-order valence-corrected chi connectivity index (χ4v) is 3.07. The molecule has 100 valence electrons. The van der Waals surface area contributed by atoms with E-state index < -0.39 is 0 Å². The van der Waals surface area contributed by atoms with Gasteiger partial charge in [0.1, 0.15) is 0 Å². The molecule has 1 aromatic rings. The number of halogens is 2. The monoisotopic (exact) mass is 286 g/mol. The van der Waals surface area contributed by atoms with Crippen LogP contribution in [0.3, 0.4) is 0 Å². The van der Waals surface area contributed by atoms with Gasteiger partial charge < -0.3 is 5.73 Å². The van der Waals surface area contributed by atoms with E-state index in [4.69, 9.17) is 28.9 Å². The number of rotatable bonds is 3. The van der Waals surface area contributed by atoms with Gasteiger partial charge in [0.2, 0.25) is 0 Å². The third kappa shape index (κ3) is 3.11. The summed E-state index contributed by atoms with van der Waals surface area (Å²) < 4.78 is 0. The van der Waals surface area contributed by atoms with Crippen LogP contribution in [0.15, 0.2) is 12.1 Å². The van der Waals surface area contributed by atoms with Crippen LogP contribution in [0.4, 0.5) is 5.69 Å². The standard InChI is InChI=1S/C14H20Cl2N2/c1-9(2)11-3-4-18(8-11)7-10-5-12(15)14(17)13(16)6-10/h5-6,9,11H,3-4,7-8,17H2,1-2H3. The zero-order chi connectivity index (χ0) is 13.3. The number of nitrogen functional groups attached to an aromatic ring is 1. The summed E-state index contributed by atoms with van der Waals surface area (Å²) >= 11 is 12.1. The number of likely N-dealkylation sites (tertiary alicyclic amines) is 1. The molecule has 1 saturated heterocycles. The van der Waals surface area contributed by atoms with Crippen LogP contribution in [0.25, 0.3) is 0 Å². The fraction of sp³-hybridized carbons (Fsp3) is 0.571. The lowest BCUT2D eigenvalue weighted by Crippen LogP contribution is -2.21. The highest BCUT2D eigenvalue weighted by atomic mass is 35.5. The molecular weight excluding hydrogens is 267 g/mol. The number of nitrogens with two attached hydrogens (primary N) is 1. The van der Waals surface area contributed by atoms with E-state index in [1.165, 1.54) is 6.42 Å². The molecule has 2 N–H and O–H groups in total. The van der Waals surface area contributed by atoms with Crippen molar-refractivity contribution in [1.29, 1.82) is 0 Å². The number of anilines is 1. The molecule has 0 saturated carbocycles. The van der Waals surface area contributed by atoms with Crippen molar-refractivity contribution in [3.8, 4) is 0 Å². The van der Waals surface area contributed by atoms with Gasteiger partial charge in [0.15, 0.2) is 0 Å². The van der Waals surface area contributed by atoms with Gasteiger partial charge in [-0.3, -0.25) is 4.90 Å². The smallest absolute Gasteiger partial charge is 0.0693 e. The van der Waals surface area contributed by atoms with E-state index in [1.54, 1.807) is 0 Å². The van der Waals surface area contributed by atoms with Crippen LogP contribution in [0.2, 0.25) is 10.0 Å². The van der Waals surface area contributed by atoms with Crippen LogP contribution < -0.4 is 5.73 Å². The van der Waals surface area contributed by atoms with Gasteiger partial charge in [-0.25, -0.2) is 0 Å². The Morgan fingerprint density at radius 3 is 2.44 bits per heavy atom. The molecule has 1 unspecified atom stereocenters. The van der Waals surface area contributed by atoms with E-state index in [0.29, 0.717) is 15.7 Å². The van der Waals surface area contributed by atoms with E-state index >= 15 is 0 Å². The number of hydrogen-bond acceptors (Lipinski definition) is 2. The highest BCUT2D eigenvalue weighted by Crippen LogP contribution is 2.31. The van der Waals surface area contributed by atoms with Crippen molar-refractivity contribution in [1.82, 2.24) is 4.90 Å². The van der Waals surface area contributed by atoms with Crippen molar-refractivity contribution >= 4 is 28.9 Å². The van der Waals surface area contributed by atoms with Gasteiger partial charge in [-0.2, -0.15) is 0 Å². The first-order valence-electron chi connectivity index (χ1n) is 6.43. The molecule has 1 fully saturated rings. The summed E-state index contributed by atoms with van der Waals surface area (Å²) in [5.74, 6) is 1.57. The minimum absolute atomic E-state index is 0.476. The Kier molecular flexibility index (Phi) is 4.41. The molecule has 0 amide bonds. The Morgan fingerprint density at radius 2 is 1.94 bits per heavy atom. The van der Waals surface area contributed by atoms with Crippen LogP contribution in [0, 0.1) is 11.8 Å². The maximum Gasteiger partial charge on any atom is 0.0693 e. The second-order valence-electron chi connectivity index (χ2n) is 5.50. The molecule has 1 aliphatic heterocycles. The minimum atomic E-state index is 0.476. The molecule has 0 bridgehead atoms. The predicted octanol–water partition coefficient (Wildman–Crippen LogP) is 4.05. The lowest BCUT2D eigenvalue weighted by Gasteiger charge is -2.18. The van der Waals surface area contributed by atoms with Gasteiger partial charge >= 0.3 is 0 Å². The first-order chi connectivity index (χ1) is 8.47. The third-order valence-electron chi connectivity index (χ3n) is 3.80. The average Bonchev–Trinajstić information content (AvgIpc) is 2.74. The molecule has 1 aromatic carbocycles. The van der Waals surface area contributed by atoms with Gasteiger partial charge in [-0.1, -0.05) is 37.0 Å². The molecule has 1 heterocycles. The molecule has 2 nitrogen and oxygen atoms in total. The molecule has 0 spiro atoms. The van der Waals surface area contributed by atoms with Gasteiger partial charge in [0, 0.05) is 13.1 Å².